The van der Waals surface area contributed by atoms with E-state index in [0.29, 0.717) is 19.3 Å². The molecule has 0 aromatic carbocycles. The third kappa shape index (κ3) is 61.8. The summed E-state index contributed by atoms with van der Waals surface area (Å²) >= 11 is 0. The molecule has 75 heavy (non-hydrogen) atoms. The topological polar surface area (TPSA) is 78.9 Å². The first-order valence-electron chi connectivity index (χ1n) is 32.8. The summed E-state index contributed by atoms with van der Waals surface area (Å²) < 4.78 is 16.9. The Bertz CT molecular complexity index is 1340. The van der Waals surface area contributed by atoms with Gasteiger partial charge in [-0.2, -0.15) is 0 Å². The molecule has 0 aliphatic rings. The lowest BCUT2D eigenvalue weighted by atomic mass is 10.1. The average Bonchev–Trinajstić information content (AvgIpc) is 3.41. The molecule has 0 heterocycles. The molecular weight excluding hydrogens is 925 g/mol. The van der Waals surface area contributed by atoms with Crippen molar-refractivity contribution in [2.24, 2.45) is 0 Å². The van der Waals surface area contributed by atoms with Gasteiger partial charge in [-0.05, 0) is 109 Å². The van der Waals surface area contributed by atoms with Gasteiger partial charge in [0, 0.05) is 19.3 Å². The van der Waals surface area contributed by atoms with Crippen molar-refractivity contribution in [3.63, 3.8) is 0 Å². The van der Waals surface area contributed by atoms with E-state index in [1.165, 1.54) is 218 Å². The van der Waals surface area contributed by atoms with E-state index in [-0.39, 0.29) is 31.1 Å². The van der Waals surface area contributed by atoms with Gasteiger partial charge in [0.25, 0.3) is 0 Å². The van der Waals surface area contributed by atoms with Crippen molar-refractivity contribution >= 4 is 17.9 Å². The fourth-order valence-corrected chi connectivity index (χ4v) is 9.50. The number of hydrogen-bond donors (Lipinski definition) is 0. The van der Waals surface area contributed by atoms with Crippen LogP contribution in [0.4, 0.5) is 0 Å². The number of carbonyl (C=O) groups is 3. The lowest BCUT2D eigenvalue weighted by Crippen LogP contribution is -2.30. The largest absolute Gasteiger partial charge is 0.462 e. The molecule has 6 nitrogen and oxygen atoms in total. The van der Waals surface area contributed by atoms with Crippen LogP contribution in [0.25, 0.3) is 0 Å². The van der Waals surface area contributed by atoms with Crippen LogP contribution in [0.1, 0.15) is 342 Å². The molecule has 0 N–H and O–H groups in total. The van der Waals surface area contributed by atoms with Crippen LogP contribution in [-0.2, 0) is 28.6 Å². The maximum absolute atomic E-state index is 12.9. The minimum atomic E-state index is -0.784. The number of hydrogen-bond acceptors (Lipinski definition) is 6. The SMILES string of the molecule is CCCCCCC/C=C\C/C=C\C/C=C\CCCCCCCCCCC(=O)OCC(COC(=O)CCCCCCC/C=C\CCCCCCCCC)OC(=O)CCCCCCCCC/C=C\CCCCCCCCC. The summed E-state index contributed by atoms with van der Waals surface area (Å²) in [5.74, 6) is -0.882. The third-order valence-electron chi connectivity index (χ3n) is 14.5. The highest BCUT2D eigenvalue weighted by molar-refractivity contribution is 5.71. The molecule has 0 spiro atoms. The summed E-state index contributed by atoms with van der Waals surface area (Å²) in [6.45, 7) is 6.65. The maximum atomic E-state index is 12.9. The maximum Gasteiger partial charge on any atom is 0.306 e. The number of esters is 3. The summed E-state index contributed by atoms with van der Waals surface area (Å²) in [4.78, 5) is 38.3. The quantitative estimate of drug-likeness (QED) is 0.0261. The predicted octanol–water partition coefficient (Wildman–Crippen LogP) is 22.3. The zero-order valence-electron chi connectivity index (χ0n) is 50.1. The van der Waals surface area contributed by atoms with Crippen molar-refractivity contribution in [3.05, 3.63) is 60.8 Å². The Morgan fingerprint density at radius 3 is 0.760 bits per heavy atom. The van der Waals surface area contributed by atoms with Gasteiger partial charge in [-0.15, -0.1) is 0 Å². The zero-order valence-corrected chi connectivity index (χ0v) is 50.1. The van der Waals surface area contributed by atoms with Crippen molar-refractivity contribution in [3.8, 4) is 0 Å². The van der Waals surface area contributed by atoms with Crippen LogP contribution in [0.2, 0.25) is 0 Å². The second-order valence-corrected chi connectivity index (χ2v) is 22.0. The van der Waals surface area contributed by atoms with Gasteiger partial charge in [0.1, 0.15) is 13.2 Å². The van der Waals surface area contributed by atoms with Crippen molar-refractivity contribution in [1.29, 1.82) is 0 Å². The standard InChI is InChI=1S/C69H124O6/c1-4-7-10-13-16-19-22-25-28-31-33-34-35-36-37-39-41-44-47-50-53-56-59-62-68(71)74-65-66(64-73-67(70)61-58-55-52-49-46-43-40-30-27-24-21-18-15-12-9-6-3)75-69(72)63-60-57-54-51-48-45-42-38-32-29-26-23-20-17-14-11-8-5-2/h22,25,29-33,35-36,40,66H,4-21,23-24,26-28,34,37-39,41-65H2,1-3H3/b25-22-,32-29-,33-31-,36-35-,40-30-. The highest BCUT2D eigenvalue weighted by Crippen LogP contribution is 2.16. The molecule has 6 heteroatoms. The van der Waals surface area contributed by atoms with Crippen LogP contribution in [0.5, 0.6) is 0 Å². The minimum Gasteiger partial charge on any atom is -0.462 e. The average molecular weight is 1050 g/mol. The number of rotatable bonds is 60. The summed E-state index contributed by atoms with van der Waals surface area (Å²) in [7, 11) is 0. The number of ether oxygens (including phenoxy) is 3. The molecule has 1 unspecified atom stereocenters. The number of unbranched alkanes of at least 4 members (excludes halogenated alkanes) is 39. The summed E-state index contributed by atoms with van der Waals surface area (Å²) in [6.07, 6.45) is 80.8. The fourth-order valence-electron chi connectivity index (χ4n) is 9.50. The van der Waals surface area contributed by atoms with Crippen molar-refractivity contribution < 1.29 is 28.6 Å². The molecule has 0 aromatic heterocycles. The van der Waals surface area contributed by atoms with E-state index in [2.05, 4.69) is 81.5 Å². The summed E-state index contributed by atoms with van der Waals surface area (Å²) in [5.41, 5.74) is 0. The molecule has 0 bridgehead atoms. The Balaban J connectivity index is 4.37. The molecular formula is C69H124O6. The van der Waals surface area contributed by atoms with Gasteiger partial charge in [0.05, 0.1) is 0 Å². The van der Waals surface area contributed by atoms with Gasteiger partial charge < -0.3 is 14.2 Å². The first-order valence-corrected chi connectivity index (χ1v) is 32.8. The second-order valence-electron chi connectivity index (χ2n) is 22.0. The van der Waals surface area contributed by atoms with E-state index in [0.717, 1.165) is 83.5 Å². The third-order valence-corrected chi connectivity index (χ3v) is 14.5. The Kier molecular flexibility index (Phi) is 61.2. The van der Waals surface area contributed by atoms with Gasteiger partial charge in [-0.25, -0.2) is 0 Å². The summed E-state index contributed by atoms with van der Waals surface area (Å²) in [5, 5.41) is 0. The predicted molar refractivity (Wildman–Crippen MR) is 325 cm³/mol. The molecule has 0 saturated carbocycles. The number of carbonyl (C=O) groups excluding carboxylic acids is 3. The fraction of sp³-hybridized carbons (Fsp3) is 0.812. The van der Waals surface area contributed by atoms with Crippen LogP contribution in [0.15, 0.2) is 60.8 Å². The minimum absolute atomic E-state index is 0.0808. The van der Waals surface area contributed by atoms with Gasteiger partial charge in [0.2, 0.25) is 0 Å². The van der Waals surface area contributed by atoms with Crippen LogP contribution >= 0.6 is 0 Å². The molecule has 0 aromatic rings. The smallest absolute Gasteiger partial charge is 0.306 e. The Hall–Kier alpha value is -2.89. The molecule has 0 rings (SSSR count). The van der Waals surface area contributed by atoms with E-state index >= 15 is 0 Å². The first kappa shape index (κ1) is 72.1. The molecule has 0 aliphatic heterocycles. The van der Waals surface area contributed by atoms with E-state index in [1.54, 1.807) is 0 Å². The first-order chi connectivity index (χ1) is 37.0. The molecule has 0 amide bonds. The van der Waals surface area contributed by atoms with Crippen LogP contribution in [0.3, 0.4) is 0 Å². The molecule has 1 atom stereocenters. The van der Waals surface area contributed by atoms with Gasteiger partial charge in [-0.3, -0.25) is 14.4 Å². The van der Waals surface area contributed by atoms with Crippen LogP contribution in [-0.4, -0.2) is 37.2 Å². The summed E-state index contributed by atoms with van der Waals surface area (Å²) in [6, 6.07) is 0. The van der Waals surface area contributed by atoms with Gasteiger partial charge >= 0.3 is 17.9 Å². The molecule has 0 saturated heterocycles. The van der Waals surface area contributed by atoms with E-state index < -0.39 is 6.10 Å². The second kappa shape index (κ2) is 63.6. The number of allylic oxidation sites excluding steroid dienone is 10. The van der Waals surface area contributed by atoms with E-state index in [1.807, 2.05) is 0 Å². The highest BCUT2D eigenvalue weighted by atomic mass is 16.6. The highest BCUT2D eigenvalue weighted by Gasteiger charge is 2.19. The molecule has 0 fully saturated rings. The Morgan fingerprint density at radius 2 is 0.480 bits per heavy atom. The molecule has 436 valence electrons. The van der Waals surface area contributed by atoms with E-state index in [9.17, 15) is 14.4 Å². The normalized spacial score (nSPS) is 12.4. The Morgan fingerprint density at radius 1 is 0.267 bits per heavy atom. The zero-order chi connectivity index (χ0) is 54.3. The van der Waals surface area contributed by atoms with Gasteiger partial charge in [0.15, 0.2) is 6.10 Å². The lowest BCUT2D eigenvalue weighted by molar-refractivity contribution is -0.167. The van der Waals surface area contributed by atoms with E-state index in [4.69, 9.17) is 14.2 Å². The Labute approximate surface area is 466 Å². The lowest BCUT2D eigenvalue weighted by Gasteiger charge is -2.18. The van der Waals surface area contributed by atoms with Crippen LogP contribution < -0.4 is 0 Å². The molecule has 0 radical (unpaired) electrons. The van der Waals surface area contributed by atoms with Gasteiger partial charge in [-0.1, -0.05) is 274 Å². The van der Waals surface area contributed by atoms with Crippen LogP contribution in [0, 0.1) is 0 Å². The van der Waals surface area contributed by atoms with Crippen molar-refractivity contribution in [2.45, 2.75) is 348 Å². The van der Waals surface area contributed by atoms with Crippen molar-refractivity contribution in [1.82, 2.24) is 0 Å². The van der Waals surface area contributed by atoms with Crippen molar-refractivity contribution in [2.75, 3.05) is 13.2 Å². The molecule has 0 aliphatic carbocycles. The monoisotopic (exact) mass is 1050 g/mol.